The van der Waals surface area contributed by atoms with Crippen LogP contribution in [-0.4, -0.2) is 34.3 Å². The van der Waals surface area contributed by atoms with Crippen molar-refractivity contribution >= 4 is 11.8 Å². The van der Waals surface area contributed by atoms with E-state index < -0.39 is 5.97 Å². The van der Waals surface area contributed by atoms with Crippen molar-refractivity contribution in [2.75, 3.05) is 18.5 Å². The summed E-state index contributed by atoms with van der Waals surface area (Å²) in [7, 11) is 0. The number of aliphatic hydroxyl groups excluding tert-OH is 1. The number of nitrogens with one attached hydrogen (secondary N) is 1. The van der Waals surface area contributed by atoms with Gasteiger partial charge in [0.1, 0.15) is 11.4 Å². The predicted octanol–water partition coefficient (Wildman–Crippen LogP) is 1.06. The highest BCUT2D eigenvalue weighted by Crippen LogP contribution is 2.24. The highest BCUT2D eigenvalue weighted by atomic mass is 16.4. The monoisotopic (exact) mass is 236 g/mol. The van der Waals surface area contributed by atoms with E-state index in [4.69, 9.17) is 10.2 Å². The Hall–Kier alpha value is -1.62. The van der Waals surface area contributed by atoms with Crippen molar-refractivity contribution < 1.29 is 15.0 Å². The van der Waals surface area contributed by atoms with Crippen LogP contribution in [0.2, 0.25) is 0 Å². The summed E-state index contributed by atoms with van der Waals surface area (Å²) in [4.78, 5) is 15.5. The van der Waals surface area contributed by atoms with E-state index in [-0.39, 0.29) is 12.2 Å². The summed E-state index contributed by atoms with van der Waals surface area (Å²) in [5.41, 5.74) is 2.23. The van der Waals surface area contributed by atoms with Crippen molar-refractivity contribution in [1.29, 1.82) is 0 Å². The molecule has 1 aromatic rings. The highest BCUT2D eigenvalue weighted by molar-refractivity contribution is 5.93. The molecule has 92 valence electrons. The zero-order valence-corrected chi connectivity index (χ0v) is 9.57. The third kappa shape index (κ3) is 2.55. The molecule has 0 spiro atoms. The van der Waals surface area contributed by atoms with E-state index in [1.807, 2.05) is 0 Å². The van der Waals surface area contributed by atoms with Gasteiger partial charge in [-0.2, -0.15) is 0 Å². The molecule has 0 unspecified atom stereocenters. The Bertz CT molecular complexity index is 432. The third-order valence-electron chi connectivity index (χ3n) is 2.94. The summed E-state index contributed by atoms with van der Waals surface area (Å²) in [6, 6.07) is 1.71. The molecule has 0 atom stereocenters. The average Bonchev–Trinajstić information content (AvgIpc) is 2.35. The van der Waals surface area contributed by atoms with Gasteiger partial charge in [0, 0.05) is 12.2 Å². The number of carbonyl (C=O) groups is 1. The Balaban J connectivity index is 2.37. The van der Waals surface area contributed by atoms with Crippen LogP contribution in [0, 0.1) is 0 Å². The molecule has 0 saturated carbocycles. The fourth-order valence-corrected chi connectivity index (χ4v) is 2.11. The van der Waals surface area contributed by atoms with Gasteiger partial charge in [-0.1, -0.05) is 0 Å². The molecule has 3 N–H and O–H groups in total. The number of aromatic carboxylic acids is 1. The second-order valence-electron chi connectivity index (χ2n) is 4.15. The van der Waals surface area contributed by atoms with Gasteiger partial charge in [-0.05, 0) is 37.3 Å². The number of carboxylic acids is 1. The van der Waals surface area contributed by atoms with Crippen LogP contribution in [0.3, 0.4) is 0 Å². The summed E-state index contributed by atoms with van der Waals surface area (Å²) in [5, 5.41) is 20.7. The standard InChI is InChI=1S/C12H16N2O3/c15-6-5-13-11-9(12(16)17)7-8-3-1-2-4-10(8)14-11/h7,15H,1-6H2,(H,13,14)(H,16,17). The van der Waals surface area contributed by atoms with Gasteiger partial charge < -0.3 is 15.5 Å². The van der Waals surface area contributed by atoms with E-state index in [0.717, 1.165) is 36.9 Å². The normalized spacial score (nSPS) is 14.2. The van der Waals surface area contributed by atoms with Gasteiger partial charge in [-0.15, -0.1) is 0 Å². The quantitative estimate of drug-likeness (QED) is 0.728. The number of fused-ring (bicyclic) bond motifs is 1. The first kappa shape index (κ1) is 11.9. The Labute approximate surface area is 99.5 Å². The van der Waals surface area contributed by atoms with Gasteiger partial charge in [-0.3, -0.25) is 0 Å². The SMILES string of the molecule is O=C(O)c1cc2c(nc1NCCO)CCCC2. The summed E-state index contributed by atoms with van der Waals surface area (Å²) < 4.78 is 0. The van der Waals surface area contributed by atoms with Crippen molar-refractivity contribution in [2.24, 2.45) is 0 Å². The number of aryl methyl sites for hydroxylation is 2. The maximum atomic E-state index is 11.1. The predicted molar refractivity (Wildman–Crippen MR) is 63.4 cm³/mol. The number of hydrogen-bond acceptors (Lipinski definition) is 4. The maximum Gasteiger partial charge on any atom is 0.339 e. The van der Waals surface area contributed by atoms with Gasteiger partial charge in [0.15, 0.2) is 0 Å². The Morgan fingerprint density at radius 3 is 2.88 bits per heavy atom. The van der Waals surface area contributed by atoms with E-state index in [1.165, 1.54) is 0 Å². The van der Waals surface area contributed by atoms with Crippen LogP contribution in [0.1, 0.15) is 34.5 Å². The lowest BCUT2D eigenvalue weighted by Gasteiger charge is -2.17. The fourth-order valence-electron chi connectivity index (χ4n) is 2.11. The summed E-state index contributed by atoms with van der Waals surface area (Å²) in [6.45, 7) is 0.268. The van der Waals surface area contributed by atoms with E-state index in [9.17, 15) is 4.79 Å². The lowest BCUT2D eigenvalue weighted by atomic mass is 9.95. The van der Waals surface area contributed by atoms with Crippen LogP contribution in [-0.2, 0) is 12.8 Å². The molecule has 1 aliphatic carbocycles. The van der Waals surface area contributed by atoms with E-state index in [0.29, 0.717) is 12.4 Å². The number of anilines is 1. The van der Waals surface area contributed by atoms with Crippen LogP contribution >= 0.6 is 0 Å². The van der Waals surface area contributed by atoms with Gasteiger partial charge in [0.05, 0.1) is 6.61 Å². The van der Waals surface area contributed by atoms with Crippen molar-refractivity contribution in [2.45, 2.75) is 25.7 Å². The fraction of sp³-hybridized carbons (Fsp3) is 0.500. The molecular weight excluding hydrogens is 220 g/mol. The highest BCUT2D eigenvalue weighted by Gasteiger charge is 2.18. The summed E-state index contributed by atoms with van der Waals surface area (Å²) in [6.07, 6.45) is 4.01. The number of nitrogens with zero attached hydrogens (tertiary/aromatic N) is 1. The van der Waals surface area contributed by atoms with Crippen LogP contribution in [0.15, 0.2) is 6.07 Å². The minimum Gasteiger partial charge on any atom is -0.478 e. The number of pyridine rings is 1. The van der Waals surface area contributed by atoms with Crippen molar-refractivity contribution in [3.63, 3.8) is 0 Å². The lowest BCUT2D eigenvalue weighted by Crippen LogP contribution is -2.16. The zero-order valence-electron chi connectivity index (χ0n) is 9.57. The average molecular weight is 236 g/mol. The zero-order chi connectivity index (χ0) is 12.3. The molecule has 0 radical (unpaired) electrons. The molecule has 0 aromatic carbocycles. The van der Waals surface area contributed by atoms with Crippen molar-refractivity contribution in [3.8, 4) is 0 Å². The summed E-state index contributed by atoms with van der Waals surface area (Å²) >= 11 is 0. The molecule has 1 aliphatic rings. The Morgan fingerprint density at radius 2 is 2.18 bits per heavy atom. The second kappa shape index (κ2) is 5.14. The maximum absolute atomic E-state index is 11.1. The molecule has 5 heteroatoms. The number of carboxylic acid groups (broad SMARTS) is 1. The largest absolute Gasteiger partial charge is 0.478 e. The molecule has 0 amide bonds. The minimum absolute atomic E-state index is 0.0438. The first-order valence-electron chi connectivity index (χ1n) is 5.83. The van der Waals surface area contributed by atoms with E-state index in [1.54, 1.807) is 6.07 Å². The van der Waals surface area contributed by atoms with Gasteiger partial charge in [0.2, 0.25) is 0 Å². The molecule has 0 fully saturated rings. The number of aromatic nitrogens is 1. The third-order valence-corrected chi connectivity index (χ3v) is 2.94. The second-order valence-corrected chi connectivity index (χ2v) is 4.15. The molecule has 5 nitrogen and oxygen atoms in total. The van der Waals surface area contributed by atoms with Crippen LogP contribution in [0.4, 0.5) is 5.82 Å². The van der Waals surface area contributed by atoms with Crippen molar-refractivity contribution in [3.05, 3.63) is 22.9 Å². The molecular formula is C12H16N2O3. The lowest BCUT2D eigenvalue weighted by molar-refractivity contribution is 0.0697. The molecule has 0 aliphatic heterocycles. The number of hydrogen-bond donors (Lipinski definition) is 3. The molecule has 1 heterocycles. The topological polar surface area (TPSA) is 82.5 Å². The van der Waals surface area contributed by atoms with Gasteiger partial charge in [-0.25, -0.2) is 9.78 Å². The first-order chi connectivity index (χ1) is 8.22. The number of rotatable bonds is 4. The van der Waals surface area contributed by atoms with Gasteiger partial charge in [0.25, 0.3) is 0 Å². The molecule has 0 bridgehead atoms. The Kier molecular flexibility index (Phi) is 3.58. The molecule has 17 heavy (non-hydrogen) atoms. The molecule has 0 saturated heterocycles. The van der Waals surface area contributed by atoms with E-state index in [2.05, 4.69) is 10.3 Å². The van der Waals surface area contributed by atoms with Crippen molar-refractivity contribution in [1.82, 2.24) is 4.98 Å². The van der Waals surface area contributed by atoms with Gasteiger partial charge >= 0.3 is 5.97 Å². The number of aliphatic hydroxyl groups is 1. The smallest absolute Gasteiger partial charge is 0.339 e. The van der Waals surface area contributed by atoms with Crippen LogP contribution in [0.25, 0.3) is 0 Å². The molecule has 2 rings (SSSR count). The minimum atomic E-state index is -0.980. The van der Waals surface area contributed by atoms with E-state index >= 15 is 0 Å². The van der Waals surface area contributed by atoms with Crippen LogP contribution in [0.5, 0.6) is 0 Å². The van der Waals surface area contributed by atoms with Crippen LogP contribution < -0.4 is 5.32 Å². The molecule has 1 aromatic heterocycles. The Morgan fingerprint density at radius 1 is 1.41 bits per heavy atom. The summed E-state index contributed by atoms with van der Waals surface area (Å²) in [5.74, 6) is -0.612. The first-order valence-corrected chi connectivity index (χ1v) is 5.83.